The fourth-order valence-electron chi connectivity index (χ4n) is 3.09. The maximum absolute atomic E-state index is 12.3. The molecule has 24 heavy (non-hydrogen) atoms. The Morgan fingerprint density at radius 3 is 1.62 bits per heavy atom. The molecule has 0 aliphatic heterocycles. The number of aromatic amines is 2. The lowest BCUT2D eigenvalue weighted by Gasteiger charge is -2.03. The molecule has 1 aromatic carbocycles. The van der Waals surface area contributed by atoms with Crippen molar-refractivity contribution in [2.45, 2.75) is 27.7 Å². The minimum Gasteiger partial charge on any atom is -0.462 e. The van der Waals surface area contributed by atoms with Crippen LogP contribution in [0.2, 0.25) is 0 Å². The number of H-pyrrole nitrogens is 2. The van der Waals surface area contributed by atoms with Crippen LogP contribution in [-0.2, 0) is 9.47 Å². The van der Waals surface area contributed by atoms with Gasteiger partial charge in [0.2, 0.25) is 0 Å². The van der Waals surface area contributed by atoms with Crippen LogP contribution in [0.25, 0.3) is 21.8 Å². The summed E-state index contributed by atoms with van der Waals surface area (Å²) in [5, 5.41) is 1.48. The van der Waals surface area contributed by atoms with Crippen molar-refractivity contribution in [2.75, 3.05) is 13.2 Å². The summed E-state index contributed by atoms with van der Waals surface area (Å²) in [7, 11) is 0. The van der Waals surface area contributed by atoms with E-state index in [0.29, 0.717) is 24.3 Å². The topological polar surface area (TPSA) is 84.2 Å². The Morgan fingerprint density at radius 1 is 0.833 bits per heavy atom. The van der Waals surface area contributed by atoms with E-state index in [1.165, 1.54) is 0 Å². The first-order chi connectivity index (χ1) is 11.5. The van der Waals surface area contributed by atoms with Crippen LogP contribution in [0.5, 0.6) is 0 Å². The first-order valence-corrected chi connectivity index (χ1v) is 7.96. The van der Waals surface area contributed by atoms with E-state index in [1.54, 1.807) is 13.8 Å². The molecule has 0 aliphatic rings. The van der Waals surface area contributed by atoms with Gasteiger partial charge in [0.15, 0.2) is 0 Å². The van der Waals surface area contributed by atoms with Crippen LogP contribution in [0.15, 0.2) is 12.1 Å². The Labute approximate surface area is 139 Å². The summed E-state index contributed by atoms with van der Waals surface area (Å²) in [6, 6.07) is 3.74. The minimum absolute atomic E-state index is 0.310. The van der Waals surface area contributed by atoms with Gasteiger partial charge < -0.3 is 19.4 Å². The number of rotatable bonds is 4. The van der Waals surface area contributed by atoms with Crippen molar-refractivity contribution < 1.29 is 19.1 Å². The predicted molar refractivity (Wildman–Crippen MR) is 91.5 cm³/mol. The zero-order valence-corrected chi connectivity index (χ0v) is 14.2. The second-order valence-corrected chi connectivity index (χ2v) is 5.63. The second-order valence-electron chi connectivity index (χ2n) is 5.63. The number of hydrogen-bond donors (Lipinski definition) is 2. The van der Waals surface area contributed by atoms with Crippen LogP contribution < -0.4 is 0 Å². The van der Waals surface area contributed by atoms with Gasteiger partial charge in [-0.2, -0.15) is 0 Å². The average molecular weight is 328 g/mol. The van der Waals surface area contributed by atoms with Crippen molar-refractivity contribution in [3.05, 3.63) is 34.6 Å². The third-order valence-corrected chi connectivity index (χ3v) is 4.05. The van der Waals surface area contributed by atoms with Gasteiger partial charge in [-0.15, -0.1) is 0 Å². The van der Waals surface area contributed by atoms with Gasteiger partial charge in [-0.25, -0.2) is 9.59 Å². The molecule has 0 radical (unpaired) electrons. The van der Waals surface area contributed by atoms with Crippen LogP contribution in [-0.4, -0.2) is 35.1 Å². The molecular formula is C18H20N2O4. The van der Waals surface area contributed by atoms with E-state index in [9.17, 15) is 9.59 Å². The quantitative estimate of drug-likeness (QED) is 0.716. The summed E-state index contributed by atoms with van der Waals surface area (Å²) >= 11 is 0. The fraction of sp³-hybridized carbons (Fsp3) is 0.333. The molecule has 0 amide bonds. The van der Waals surface area contributed by atoms with Crippen molar-refractivity contribution in [1.82, 2.24) is 9.97 Å². The highest BCUT2D eigenvalue weighted by Gasteiger charge is 2.22. The van der Waals surface area contributed by atoms with Gasteiger partial charge in [0.05, 0.1) is 24.3 Å². The summed E-state index contributed by atoms with van der Waals surface area (Å²) in [5.41, 5.74) is 4.13. The lowest BCUT2D eigenvalue weighted by molar-refractivity contribution is 0.0518. The lowest BCUT2D eigenvalue weighted by Crippen LogP contribution is -2.06. The Kier molecular flexibility index (Phi) is 4.05. The normalized spacial score (nSPS) is 11.2. The molecule has 0 atom stereocenters. The van der Waals surface area contributed by atoms with Crippen LogP contribution in [0.4, 0.5) is 0 Å². The molecule has 6 heteroatoms. The summed E-state index contributed by atoms with van der Waals surface area (Å²) in [5.74, 6) is -0.740. The van der Waals surface area contributed by atoms with Crippen LogP contribution >= 0.6 is 0 Å². The highest BCUT2D eigenvalue weighted by atomic mass is 16.5. The van der Waals surface area contributed by atoms with E-state index in [2.05, 4.69) is 9.97 Å². The number of aromatic nitrogens is 2. The molecule has 0 spiro atoms. The van der Waals surface area contributed by atoms with Gasteiger partial charge in [0, 0.05) is 33.2 Å². The van der Waals surface area contributed by atoms with Crippen molar-refractivity contribution in [3.63, 3.8) is 0 Å². The van der Waals surface area contributed by atoms with Crippen molar-refractivity contribution in [1.29, 1.82) is 0 Å². The highest BCUT2D eigenvalue weighted by molar-refractivity contribution is 6.13. The average Bonchev–Trinajstić information content (AvgIpc) is 2.99. The molecule has 2 aromatic heterocycles. The van der Waals surface area contributed by atoms with Crippen molar-refractivity contribution in [2.24, 2.45) is 0 Å². The van der Waals surface area contributed by atoms with E-state index < -0.39 is 0 Å². The molecular weight excluding hydrogens is 308 g/mol. The van der Waals surface area contributed by atoms with E-state index in [-0.39, 0.29) is 11.9 Å². The number of aryl methyl sites for hydroxylation is 2. The lowest BCUT2D eigenvalue weighted by atomic mass is 10.1. The number of nitrogens with one attached hydrogen (secondary N) is 2. The monoisotopic (exact) mass is 328 g/mol. The summed E-state index contributed by atoms with van der Waals surface area (Å²) in [4.78, 5) is 30.9. The van der Waals surface area contributed by atoms with E-state index in [0.717, 1.165) is 33.2 Å². The molecule has 3 aromatic rings. The summed E-state index contributed by atoms with van der Waals surface area (Å²) in [6.07, 6.45) is 0. The Balaban J connectivity index is 2.27. The fourth-order valence-corrected chi connectivity index (χ4v) is 3.09. The largest absolute Gasteiger partial charge is 0.462 e. The van der Waals surface area contributed by atoms with Gasteiger partial charge in [0.25, 0.3) is 0 Å². The molecule has 0 saturated carbocycles. The van der Waals surface area contributed by atoms with E-state index >= 15 is 0 Å². The first kappa shape index (κ1) is 16.1. The Bertz CT molecular complexity index is 875. The molecule has 126 valence electrons. The molecule has 0 aliphatic carbocycles. The zero-order chi connectivity index (χ0) is 17.4. The maximum Gasteiger partial charge on any atom is 0.340 e. The summed E-state index contributed by atoms with van der Waals surface area (Å²) < 4.78 is 10.3. The van der Waals surface area contributed by atoms with Gasteiger partial charge >= 0.3 is 11.9 Å². The van der Waals surface area contributed by atoms with Gasteiger partial charge in [-0.05, 0) is 39.8 Å². The third kappa shape index (κ3) is 2.44. The number of carbonyl (C=O) groups excluding carboxylic acids is 2. The predicted octanol–water partition coefficient (Wildman–Crippen LogP) is 3.62. The Hall–Kier alpha value is -2.76. The summed E-state index contributed by atoms with van der Waals surface area (Å²) in [6.45, 7) is 7.83. The zero-order valence-electron chi connectivity index (χ0n) is 14.2. The molecule has 0 fully saturated rings. The minimum atomic E-state index is -0.370. The number of ether oxygens (including phenoxy) is 2. The molecule has 0 bridgehead atoms. The van der Waals surface area contributed by atoms with Gasteiger partial charge in [-0.3, -0.25) is 0 Å². The smallest absolute Gasteiger partial charge is 0.340 e. The second kappa shape index (κ2) is 6.03. The SMILES string of the molecule is CCOC(=O)c1c(C)[nH]c2cc3[nH]c(C)c(C(=O)OCC)c3cc12. The first-order valence-electron chi connectivity index (χ1n) is 7.96. The van der Waals surface area contributed by atoms with Gasteiger partial charge in [-0.1, -0.05) is 0 Å². The van der Waals surface area contributed by atoms with Gasteiger partial charge in [0.1, 0.15) is 0 Å². The van der Waals surface area contributed by atoms with Crippen LogP contribution in [0.1, 0.15) is 46.0 Å². The number of hydrogen-bond acceptors (Lipinski definition) is 4. The highest BCUT2D eigenvalue weighted by Crippen LogP contribution is 2.31. The molecule has 2 N–H and O–H groups in total. The van der Waals surface area contributed by atoms with E-state index in [1.807, 2.05) is 26.0 Å². The van der Waals surface area contributed by atoms with Crippen molar-refractivity contribution in [3.8, 4) is 0 Å². The van der Waals surface area contributed by atoms with Crippen LogP contribution in [0, 0.1) is 13.8 Å². The van der Waals surface area contributed by atoms with Crippen LogP contribution in [0.3, 0.4) is 0 Å². The molecule has 6 nitrogen and oxygen atoms in total. The standard InChI is InChI=1S/C18H20N2O4/c1-5-23-17(21)15-9(3)19-13-8-14-12(7-11(13)15)16(10(4)20-14)18(22)24-6-2/h7-8,19-20H,5-6H2,1-4H3. The molecule has 0 saturated heterocycles. The number of esters is 2. The number of benzene rings is 1. The Morgan fingerprint density at radius 2 is 1.25 bits per heavy atom. The maximum atomic E-state index is 12.3. The molecule has 2 heterocycles. The van der Waals surface area contributed by atoms with Crippen molar-refractivity contribution >= 4 is 33.7 Å². The van der Waals surface area contributed by atoms with E-state index in [4.69, 9.17) is 9.47 Å². The number of fused-ring (bicyclic) bond motifs is 2. The number of carbonyl (C=O) groups is 2. The molecule has 0 unspecified atom stereocenters. The third-order valence-electron chi connectivity index (χ3n) is 4.05. The molecule has 3 rings (SSSR count).